The minimum absolute atomic E-state index is 0.117. The lowest BCUT2D eigenvalue weighted by Gasteiger charge is -2.18. The van der Waals surface area contributed by atoms with E-state index in [9.17, 15) is 14.4 Å². The summed E-state index contributed by atoms with van der Waals surface area (Å²) >= 11 is 0. The van der Waals surface area contributed by atoms with E-state index in [0.29, 0.717) is 16.8 Å². The Morgan fingerprint density at radius 2 is 1.42 bits per heavy atom. The van der Waals surface area contributed by atoms with E-state index in [0.717, 1.165) is 6.42 Å². The van der Waals surface area contributed by atoms with Crippen LogP contribution in [0.25, 0.3) is 0 Å². The number of ketones is 1. The second-order valence-electron chi connectivity index (χ2n) is 7.26. The van der Waals surface area contributed by atoms with Crippen molar-refractivity contribution in [2.24, 2.45) is 23.7 Å². The Hall–Kier alpha value is -3.01. The van der Waals surface area contributed by atoms with Gasteiger partial charge in [0.1, 0.15) is 0 Å². The molecule has 1 heterocycles. The molecule has 0 spiro atoms. The van der Waals surface area contributed by atoms with Crippen LogP contribution in [0.4, 0.5) is 5.69 Å². The van der Waals surface area contributed by atoms with Gasteiger partial charge in [-0.25, -0.2) is 4.90 Å². The first-order valence-corrected chi connectivity index (χ1v) is 8.91. The number of carbonyl (C=O) groups is 3. The largest absolute Gasteiger partial charge is 0.289 e. The zero-order valence-corrected chi connectivity index (χ0v) is 14.0. The van der Waals surface area contributed by atoms with Gasteiger partial charge < -0.3 is 0 Å². The monoisotopic (exact) mass is 343 g/mol. The van der Waals surface area contributed by atoms with Gasteiger partial charge in [-0.2, -0.15) is 0 Å². The zero-order valence-electron chi connectivity index (χ0n) is 14.0. The van der Waals surface area contributed by atoms with Gasteiger partial charge in [0.15, 0.2) is 5.78 Å². The van der Waals surface area contributed by atoms with Crippen LogP contribution in [-0.4, -0.2) is 17.6 Å². The van der Waals surface area contributed by atoms with Gasteiger partial charge in [0.25, 0.3) is 0 Å². The average Bonchev–Trinajstić information content (AvgIpc) is 3.36. The third-order valence-corrected chi connectivity index (χ3v) is 5.87. The average molecular weight is 343 g/mol. The van der Waals surface area contributed by atoms with E-state index in [1.54, 1.807) is 36.4 Å². The topological polar surface area (TPSA) is 54.5 Å². The van der Waals surface area contributed by atoms with Crippen molar-refractivity contribution in [3.63, 3.8) is 0 Å². The van der Waals surface area contributed by atoms with Crippen molar-refractivity contribution in [1.82, 2.24) is 0 Å². The highest BCUT2D eigenvalue weighted by Crippen LogP contribution is 2.53. The molecule has 0 aromatic heterocycles. The normalized spacial score (nSPS) is 28.7. The van der Waals surface area contributed by atoms with Crippen LogP contribution in [0, 0.1) is 23.7 Å². The second-order valence-corrected chi connectivity index (χ2v) is 7.26. The molecule has 2 aromatic carbocycles. The highest BCUT2D eigenvalue weighted by atomic mass is 16.2. The lowest BCUT2D eigenvalue weighted by molar-refractivity contribution is -0.123. The molecule has 4 atom stereocenters. The molecule has 5 rings (SSSR count). The van der Waals surface area contributed by atoms with Crippen molar-refractivity contribution in [3.8, 4) is 0 Å². The number of hydrogen-bond donors (Lipinski definition) is 0. The van der Waals surface area contributed by atoms with Gasteiger partial charge in [0.05, 0.1) is 17.5 Å². The first-order valence-electron chi connectivity index (χ1n) is 8.91. The summed E-state index contributed by atoms with van der Waals surface area (Å²) in [6.45, 7) is 0. The molecule has 0 unspecified atom stereocenters. The molecule has 2 fully saturated rings. The fourth-order valence-corrected chi connectivity index (χ4v) is 4.70. The molecular formula is C22H17NO3. The van der Waals surface area contributed by atoms with Crippen molar-refractivity contribution in [2.75, 3.05) is 4.90 Å². The van der Waals surface area contributed by atoms with Crippen LogP contribution in [0.5, 0.6) is 0 Å². The smallest absolute Gasteiger partial charge is 0.238 e. The van der Waals surface area contributed by atoms with Gasteiger partial charge in [-0.1, -0.05) is 54.6 Å². The van der Waals surface area contributed by atoms with E-state index in [1.165, 1.54) is 4.90 Å². The van der Waals surface area contributed by atoms with Crippen LogP contribution >= 0.6 is 0 Å². The number of imide groups is 1. The Bertz CT molecular complexity index is 932. The molecule has 2 bridgehead atoms. The summed E-state index contributed by atoms with van der Waals surface area (Å²) in [5.74, 6) is -0.464. The van der Waals surface area contributed by atoms with E-state index in [-0.39, 0.29) is 41.3 Å². The van der Waals surface area contributed by atoms with E-state index >= 15 is 0 Å². The molecule has 2 amide bonds. The van der Waals surface area contributed by atoms with E-state index in [4.69, 9.17) is 0 Å². The number of nitrogens with zero attached hydrogens (tertiary/aromatic N) is 1. The van der Waals surface area contributed by atoms with Gasteiger partial charge in [-0.05, 0) is 30.4 Å². The predicted molar refractivity (Wildman–Crippen MR) is 96.5 cm³/mol. The number of rotatable bonds is 3. The maximum Gasteiger partial charge on any atom is 0.238 e. The highest BCUT2D eigenvalue weighted by molar-refractivity contribution is 6.23. The SMILES string of the molecule is O=C(c1ccccc1)c1cccc(N2C(=O)[C@@H]3[C@H](C2=O)[C@@H]2C=C[C@H]3C2)c1. The standard InChI is InChI=1S/C22H17NO3/c24-20(13-5-2-1-3-6-13)16-7-4-8-17(12-16)23-21(25)18-14-9-10-15(11-14)19(18)22(23)26/h1-10,12,14-15,18-19H,11H2/t14-,15+,18-,19+. The number of anilines is 1. The minimum atomic E-state index is -0.231. The van der Waals surface area contributed by atoms with Crippen molar-refractivity contribution >= 4 is 23.3 Å². The first kappa shape index (κ1) is 15.3. The molecule has 3 aliphatic rings. The molecule has 2 aromatic rings. The van der Waals surface area contributed by atoms with Gasteiger partial charge in [-0.3, -0.25) is 14.4 Å². The molecule has 4 heteroatoms. The molecule has 1 saturated heterocycles. The molecule has 1 aliphatic heterocycles. The van der Waals surface area contributed by atoms with E-state index < -0.39 is 0 Å². The third kappa shape index (κ3) is 2.05. The summed E-state index contributed by atoms with van der Waals surface area (Å²) in [4.78, 5) is 39.8. The zero-order chi connectivity index (χ0) is 17.8. The van der Waals surface area contributed by atoms with Gasteiger partial charge in [0, 0.05) is 11.1 Å². The van der Waals surface area contributed by atoms with Crippen molar-refractivity contribution in [3.05, 3.63) is 77.9 Å². The lowest BCUT2D eigenvalue weighted by Crippen LogP contribution is -2.33. The van der Waals surface area contributed by atoms with Crippen LogP contribution in [0.1, 0.15) is 22.3 Å². The fraction of sp³-hybridized carbons (Fsp3) is 0.227. The molecule has 128 valence electrons. The third-order valence-electron chi connectivity index (χ3n) is 5.87. The molecule has 0 N–H and O–H groups in total. The van der Waals surface area contributed by atoms with Crippen LogP contribution in [-0.2, 0) is 9.59 Å². The maximum atomic E-state index is 12.9. The van der Waals surface area contributed by atoms with Crippen molar-refractivity contribution < 1.29 is 14.4 Å². The van der Waals surface area contributed by atoms with Gasteiger partial charge >= 0.3 is 0 Å². The van der Waals surface area contributed by atoms with Gasteiger partial charge in [-0.15, -0.1) is 0 Å². The molecule has 4 nitrogen and oxygen atoms in total. The Balaban J connectivity index is 1.49. The number of allylic oxidation sites excluding steroid dienone is 2. The summed E-state index contributed by atoms with van der Waals surface area (Å²) in [6, 6.07) is 15.8. The van der Waals surface area contributed by atoms with Crippen molar-refractivity contribution in [1.29, 1.82) is 0 Å². The fourth-order valence-electron chi connectivity index (χ4n) is 4.70. The number of amides is 2. The van der Waals surface area contributed by atoms with E-state index in [2.05, 4.69) is 12.2 Å². The molecule has 0 radical (unpaired) electrons. The summed E-state index contributed by atoms with van der Waals surface area (Å²) in [7, 11) is 0. The quantitative estimate of drug-likeness (QED) is 0.488. The molecule has 2 aliphatic carbocycles. The molecule has 1 saturated carbocycles. The predicted octanol–water partition coefficient (Wildman–Crippen LogP) is 3.23. The number of fused-ring (bicyclic) bond motifs is 5. The van der Waals surface area contributed by atoms with Crippen LogP contribution in [0.15, 0.2) is 66.7 Å². The Morgan fingerprint density at radius 1 is 0.808 bits per heavy atom. The van der Waals surface area contributed by atoms with Crippen LogP contribution in [0.3, 0.4) is 0 Å². The van der Waals surface area contributed by atoms with Crippen LogP contribution in [0.2, 0.25) is 0 Å². The Kier molecular flexibility index (Phi) is 3.23. The number of benzene rings is 2. The number of carbonyl (C=O) groups excluding carboxylic acids is 3. The molecule has 26 heavy (non-hydrogen) atoms. The second kappa shape index (κ2) is 5.49. The van der Waals surface area contributed by atoms with Gasteiger partial charge in [0.2, 0.25) is 11.8 Å². The van der Waals surface area contributed by atoms with Crippen LogP contribution < -0.4 is 4.90 Å². The highest BCUT2D eigenvalue weighted by Gasteiger charge is 2.59. The summed E-state index contributed by atoms with van der Waals surface area (Å²) < 4.78 is 0. The molecular weight excluding hydrogens is 326 g/mol. The summed E-state index contributed by atoms with van der Waals surface area (Å²) in [6.07, 6.45) is 5.07. The summed E-state index contributed by atoms with van der Waals surface area (Å²) in [5.41, 5.74) is 1.56. The Labute approximate surface area is 151 Å². The summed E-state index contributed by atoms with van der Waals surface area (Å²) in [5, 5.41) is 0. The Morgan fingerprint density at radius 3 is 2.08 bits per heavy atom. The lowest BCUT2D eigenvalue weighted by atomic mass is 9.85. The minimum Gasteiger partial charge on any atom is -0.289 e. The van der Waals surface area contributed by atoms with E-state index in [1.807, 2.05) is 18.2 Å². The number of hydrogen-bond acceptors (Lipinski definition) is 3. The maximum absolute atomic E-state index is 12.9. The first-order chi connectivity index (χ1) is 12.6. The van der Waals surface area contributed by atoms with Crippen molar-refractivity contribution in [2.45, 2.75) is 6.42 Å².